The number of methoxy groups -OCH3 is 1. The van der Waals surface area contributed by atoms with Crippen LogP contribution in [0.15, 0.2) is 30.5 Å². The minimum Gasteiger partial charge on any atom is -0.497 e. The second-order valence-corrected chi connectivity index (χ2v) is 6.88. The first kappa shape index (κ1) is 18.0. The normalized spacial score (nSPS) is 18.4. The van der Waals surface area contributed by atoms with E-state index in [2.05, 4.69) is 52.0 Å². The monoisotopic (exact) mass is 342 g/mol. The molecule has 0 saturated carbocycles. The average Bonchev–Trinajstić information content (AvgIpc) is 3.00. The van der Waals surface area contributed by atoms with E-state index in [9.17, 15) is 0 Å². The molecule has 0 aliphatic carbocycles. The van der Waals surface area contributed by atoms with Gasteiger partial charge in [0.25, 0.3) is 0 Å². The molecule has 136 valence electrons. The summed E-state index contributed by atoms with van der Waals surface area (Å²) in [7, 11) is 1.72. The van der Waals surface area contributed by atoms with Crippen molar-refractivity contribution in [3.8, 4) is 5.75 Å². The molecule has 1 fully saturated rings. The van der Waals surface area contributed by atoms with Crippen molar-refractivity contribution in [2.24, 2.45) is 0 Å². The maximum Gasteiger partial charge on any atom is 0.119 e. The van der Waals surface area contributed by atoms with E-state index < -0.39 is 0 Å². The highest BCUT2D eigenvalue weighted by molar-refractivity contribution is 5.28. The summed E-state index contributed by atoms with van der Waals surface area (Å²) in [6.07, 6.45) is 4.49. The second-order valence-electron chi connectivity index (χ2n) is 6.88. The second kappa shape index (κ2) is 8.50. The number of nitrogens with zero attached hydrogens (tertiary/aromatic N) is 3. The van der Waals surface area contributed by atoms with Gasteiger partial charge in [0.05, 0.1) is 13.3 Å². The quantitative estimate of drug-likeness (QED) is 0.840. The molecule has 2 aromatic rings. The summed E-state index contributed by atoms with van der Waals surface area (Å²) in [5.74, 6) is 0.938. The number of hydrogen-bond acceptors (Lipinski definition) is 4. The highest BCUT2D eigenvalue weighted by Gasteiger charge is 2.20. The molecule has 3 rings (SSSR count). The third-order valence-corrected chi connectivity index (χ3v) is 5.13. The average molecular weight is 342 g/mol. The number of rotatable bonds is 7. The topological polar surface area (TPSA) is 42.3 Å². The minimum absolute atomic E-state index is 0.545. The summed E-state index contributed by atoms with van der Waals surface area (Å²) in [4.78, 5) is 2.54. The van der Waals surface area contributed by atoms with Gasteiger partial charge in [-0.15, -0.1) is 0 Å². The van der Waals surface area contributed by atoms with Gasteiger partial charge in [-0.25, -0.2) is 0 Å². The molecule has 25 heavy (non-hydrogen) atoms. The largest absolute Gasteiger partial charge is 0.497 e. The van der Waals surface area contributed by atoms with Crippen LogP contribution in [0.1, 0.15) is 36.6 Å². The Bertz CT molecular complexity index is 682. The molecule has 0 spiro atoms. The summed E-state index contributed by atoms with van der Waals surface area (Å²) in [5, 5.41) is 8.17. The van der Waals surface area contributed by atoms with Crippen molar-refractivity contribution in [1.29, 1.82) is 0 Å². The number of hydrogen-bond donors (Lipinski definition) is 1. The molecule has 5 nitrogen and oxygen atoms in total. The molecule has 2 heterocycles. The van der Waals surface area contributed by atoms with Crippen molar-refractivity contribution in [3.05, 3.63) is 47.3 Å². The molecule has 1 aliphatic heterocycles. The smallest absolute Gasteiger partial charge is 0.119 e. The number of nitrogens with one attached hydrogen (secondary N) is 1. The minimum atomic E-state index is 0.545. The van der Waals surface area contributed by atoms with Gasteiger partial charge in [-0.3, -0.25) is 9.58 Å². The zero-order valence-electron chi connectivity index (χ0n) is 15.7. The van der Waals surface area contributed by atoms with E-state index in [1.54, 1.807) is 7.11 Å². The van der Waals surface area contributed by atoms with Crippen molar-refractivity contribution >= 4 is 0 Å². The molecule has 1 aromatic heterocycles. The van der Waals surface area contributed by atoms with Crippen LogP contribution in [0.5, 0.6) is 5.75 Å². The highest BCUT2D eigenvalue weighted by atomic mass is 16.5. The lowest BCUT2D eigenvalue weighted by Crippen LogP contribution is -2.45. The Hall–Kier alpha value is -1.85. The van der Waals surface area contributed by atoms with Crippen molar-refractivity contribution in [3.63, 3.8) is 0 Å². The van der Waals surface area contributed by atoms with E-state index in [0.717, 1.165) is 31.9 Å². The fourth-order valence-electron chi connectivity index (χ4n) is 3.63. The Balaban J connectivity index is 1.53. The first-order chi connectivity index (χ1) is 12.2. The van der Waals surface area contributed by atoms with Gasteiger partial charge in [0, 0.05) is 43.5 Å². The van der Waals surface area contributed by atoms with Crippen LogP contribution in [0.2, 0.25) is 0 Å². The summed E-state index contributed by atoms with van der Waals surface area (Å²) < 4.78 is 7.40. The molecule has 0 unspecified atom stereocenters. The van der Waals surface area contributed by atoms with Gasteiger partial charge in [0.1, 0.15) is 5.75 Å². The Morgan fingerprint density at radius 3 is 3.00 bits per heavy atom. The van der Waals surface area contributed by atoms with E-state index in [0.29, 0.717) is 6.04 Å². The van der Waals surface area contributed by atoms with Crippen LogP contribution < -0.4 is 10.1 Å². The zero-order chi connectivity index (χ0) is 17.6. The van der Waals surface area contributed by atoms with E-state index in [1.807, 2.05) is 12.3 Å². The third-order valence-electron chi connectivity index (χ3n) is 5.13. The van der Waals surface area contributed by atoms with Crippen molar-refractivity contribution in [2.45, 2.75) is 52.4 Å². The molecular weight excluding hydrogens is 312 g/mol. The maximum absolute atomic E-state index is 5.34. The standard InChI is InChI=1S/C20H30N4O/c1-4-24-16(2)18(13-22-24)12-21-19-8-6-10-23(15-19)14-17-7-5-9-20(11-17)25-3/h5,7,9,11,13,19,21H,4,6,8,10,12,14-15H2,1-3H3/t19-/m0/s1. The van der Waals surface area contributed by atoms with Gasteiger partial charge in [-0.1, -0.05) is 12.1 Å². The lowest BCUT2D eigenvalue weighted by atomic mass is 10.0. The summed E-state index contributed by atoms with van der Waals surface area (Å²) >= 11 is 0. The van der Waals surface area contributed by atoms with Crippen LogP contribution in [0.25, 0.3) is 0 Å². The molecule has 5 heteroatoms. The van der Waals surface area contributed by atoms with Gasteiger partial charge in [-0.05, 0) is 50.9 Å². The predicted molar refractivity (Wildman–Crippen MR) is 101 cm³/mol. The number of likely N-dealkylation sites (tertiary alicyclic amines) is 1. The summed E-state index contributed by atoms with van der Waals surface area (Å²) in [5.41, 5.74) is 3.91. The van der Waals surface area contributed by atoms with Crippen LogP contribution in [0.4, 0.5) is 0 Å². The number of piperidine rings is 1. The molecule has 1 aromatic carbocycles. The molecule has 0 radical (unpaired) electrons. The van der Waals surface area contributed by atoms with E-state index in [1.165, 1.54) is 36.2 Å². The summed E-state index contributed by atoms with van der Waals surface area (Å²) in [6.45, 7) is 9.38. The van der Waals surface area contributed by atoms with Crippen LogP contribution in [0, 0.1) is 6.92 Å². The Morgan fingerprint density at radius 2 is 2.24 bits per heavy atom. The SMILES string of the molecule is CCn1ncc(CN[C@H]2CCCN(Cc3cccc(OC)c3)C2)c1C. The fourth-order valence-corrected chi connectivity index (χ4v) is 3.63. The van der Waals surface area contributed by atoms with Crippen LogP contribution >= 0.6 is 0 Å². The van der Waals surface area contributed by atoms with Crippen molar-refractivity contribution < 1.29 is 4.74 Å². The highest BCUT2D eigenvalue weighted by Crippen LogP contribution is 2.18. The van der Waals surface area contributed by atoms with Gasteiger partial charge in [0.2, 0.25) is 0 Å². The van der Waals surface area contributed by atoms with Gasteiger partial charge in [0.15, 0.2) is 0 Å². The first-order valence-electron chi connectivity index (χ1n) is 9.29. The Labute approximate surface area is 151 Å². The predicted octanol–water partition coefficient (Wildman–Crippen LogP) is 2.97. The van der Waals surface area contributed by atoms with Gasteiger partial charge < -0.3 is 10.1 Å². The zero-order valence-corrected chi connectivity index (χ0v) is 15.7. The lowest BCUT2D eigenvalue weighted by Gasteiger charge is -2.33. The van der Waals surface area contributed by atoms with Gasteiger partial charge >= 0.3 is 0 Å². The van der Waals surface area contributed by atoms with E-state index in [-0.39, 0.29) is 0 Å². The number of aryl methyl sites for hydroxylation is 1. The van der Waals surface area contributed by atoms with E-state index >= 15 is 0 Å². The van der Waals surface area contributed by atoms with Crippen LogP contribution in [-0.2, 0) is 19.6 Å². The molecule has 1 atom stereocenters. The van der Waals surface area contributed by atoms with Crippen LogP contribution in [-0.4, -0.2) is 40.9 Å². The molecule has 1 aliphatic rings. The van der Waals surface area contributed by atoms with Crippen LogP contribution in [0.3, 0.4) is 0 Å². The number of ether oxygens (including phenoxy) is 1. The number of benzene rings is 1. The number of aromatic nitrogens is 2. The Morgan fingerprint density at radius 1 is 1.36 bits per heavy atom. The molecule has 0 amide bonds. The maximum atomic E-state index is 5.34. The fraction of sp³-hybridized carbons (Fsp3) is 0.550. The Kier molecular flexibility index (Phi) is 6.10. The molecule has 1 saturated heterocycles. The first-order valence-corrected chi connectivity index (χ1v) is 9.29. The molecule has 1 N–H and O–H groups in total. The lowest BCUT2D eigenvalue weighted by molar-refractivity contribution is 0.182. The molecular formula is C20H30N4O. The molecule has 0 bridgehead atoms. The summed E-state index contributed by atoms with van der Waals surface area (Å²) in [6, 6.07) is 8.94. The van der Waals surface area contributed by atoms with Crippen molar-refractivity contribution in [2.75, 3.05) is 20.2 Å². The van der Waals surface area contributed by atoms with Gasteiger partial charge in [-0.2, -0.15) is 5.10 Å². The third kappa shape index (κ3) is 4.61. The van der Waals surface area contributed by atoms with E-state index in [4.69, 9.17) is 4.74 Å². The van der Waals surface area contributed by atoms with Crippen molar-refractivity contribution in [1.82, 2.24) is 20.0 Å².